The quantitative estimate of drug-likeness (QED) is 0.785. The summed E-state index contributed by atoms with van der Waals surface area (Å²) in [6.07, 6.45) is 1.71. The average Bonchev–Trinajstić information content (AvgIpc) is 2.96. The molecule has 2 heterocycles. The monoisotopic (exact) mass is 427 g/mol. The second-order valence-corrected chi connectivity index (χ2v) is 8.99. The van der Waals surface area contributed by atoms with Gasteiger partial charge in [0.05, 0.1) is 12.7 Å². The summed E-state index contributed by atoms with van der Waals surface area (Å²) in [4.78, 5) is 30.3. The highest BCUT2D eigenvalue weighted by Gasteiger charge is 2.34. The van der Waals surface area contributed by atoms with Crippen molar-refractivity contribution in [3.05, 3.63) is 59.0 Å². The summed E-state index contributed by atoms with van der Waals surface area (Å²) in [5, 5.41) is 2.81. The van der Waals surface area contributed by atoms with Gasteiger partial charge in [0.25, 0.3) is 5.91 Å². The molecule has 7 nitrogen and oxygen atoms in total. The molecule has 0 bridgehead atoms. The third-order valence-electron chi connectivity index (χ3n) is 5.24. The molecule has 1 aromatic heterocycles. The number of carbonyl (C=O) groups is 2. The Bertz CT molecular complexity index is 999. The molecule has 1 N–H and O–H groups in total. The first-order chi connectivity index (χ1) is 14.7. The number of nitrogens with zero attached hydrogens (tertiary/aromatic N) is 2. The van der Waals surface area contributed by atoms with Gasteiger partial charge in [-0.05, 0) is 38.5 Å². The molecule has 8 heteroatoms. The zero-order valence-corrected chi connectivity index (χ0v) is 17.9. The van der Waals surface area contributed by atoms with E-state index in [4.69, 9.17) is 9.47 Å². The highest BCUT2D eigenvalue weighted by atomic mass is 19.1. The van der Waals surface area contributed by atoms with Crippen molar-refractivity contribution in [1.82, 2.24) is 15.2 Å². The van der Waals surface area contributed by atoms with Crippen molar-refractivity contribution >= 4 is 12.0 Å². The molecule has 2 aliphatic rings. The molecule has 31 heavy (non-hydrogen) atoms. The predicted molar refractivity (Wildman–Crippen MR) is 111 cm³/mol. The molecular formula is C23H26FN3O4. The maximum absolute atomic E-state index is 13.9. The number of carbonyl (C=O) groups excluding carboxylic acids is 2. The van der Waals surface area contributed by atoms with Crippen LogP contribution in [0.4, 0.5) is 9.18 Å². The van der Waals surface area contributed by atoms with E-state index in [1.54, 1.807) is 11.0 Å². The number of pyridine rings is 1. The van der Waals surface area contributed by atoms with Crippen LogP contribution in [0.25, 0.3) is 0 Å². The molecule has 0 saturated heterocycles. The molecule has 0 radical (unpaired) electrons. The van der Waals surface area contributed by atoms with E-state index in [9.17, 15) is 14.0 Å². The van der Waals surface area contributed by atoms with Gasteiger partial charge >= 0.3 is 6.09 Å². The van der Waals surface area contributed by atoms with Crippen LogP contribution in [0.1, 0.15) is 55.1 Å². The molecule has 0 spiro atoms. The molecule has 164 valence electrons. The van der Waals surface area contributed by atoms with E-state index >= 15 is 0 Å². The van der Waals surface area contributed by atoms with Crippen molar-refractivity contribution in [1.29, 1.82) is 0 Å². The normalized spacial score (nSPS) is 20.1. The Labute approximate surface area is 180 Å². The number of alkyl carbamates (subject to hydrolysis) is 1. The van der Waals surface area contributed by atoms with E-state index in [2.05, 4.69) is 10.3 Å². The third kappa shape index (κ3) is 4.95. The van der Waals surface area contributed by atoms with Crippen LogP contribution in [-0.2, 0) is 17.8 Å². The summed E-state index contributed by atoms with van der Waals surface area (Å²) in [5.74, 6) is -0.258. The Balaban J connectivity index is 1.36. The summed E-state index contributed by atoms with van der Waals surface area (Å²) in [6, 6.07) is 8.75. The van der Waals surface area contributed by atoms with Gasteiger partial charge in [-0.3, -0.25) is 4.79 Å². The van der Waals surface area contributed by atoms with Crippen molar-refractivity contribution in [3.8, 4) is 5.88 Å². The van der Waals surface area contributed by atoms with E-state index in [1.165, 1.54) is 6.07 Å². The lowest BCUT2D eigenvalue weighted by molar-refractivity contribution is 0.0351. The molecule has 2 amide bonds. The van der Waals surface area contributed by atoms with Gasteiger partial charge in [-0.15, -0.1) is 0 Å². The number of halogens is 1. The largest absolute Gasteiger partial charge is 0.474 e. The lowest BCUT2D eigenvalue weighted by Gasteiger charge is -2.36. The zero-order valence-electron chi connectivity index (χ0n) is 17.9. The fraction of sp³-hybridized carbons (Fsp3) is 0.435. The molecule has 1 saturated carbocycles. The summed E-state index contributed by atoms with van der Waals surface area (Å²) in [7, 11) is 0. The Hall–Kier alpha value is -3.16. The minimum atomic E-state index is -0.552. The van der Waals surface area contributed by atoms with Crippen LogP contribution in [0, 0.1) is 5.82 Å². The minimum absolute atomic E-state index is 0.0431. The Kier molecular flexibility index (Phi) is 5.56. The molecule has 0 atom stereocenters. The molecule has 0 unspecified atom stereocenters. The number of benzene rings is 1. The average molecular weight is 427 g/mol. The van der Waals surface area contributed by atoms with Crippen LogP contribution >= 0.6 is 0 Å². The molecule has 1 fully saturated rings. The molecule has 1 aliphatic heterocycles. The van der Waals surface area contributed by atoms with E-state index in [-0.39, 0.29) is 24.6 Å². The molecule has 1 aliphatic carbocycles. The number of amides is 2. The summed E-state index contributed by atoms with van der Waals surface area (Å²) in [6.45, 7) is 6.11. The SMILES string of the molecule is CC(C)(C)OC(=O)N[C@H]1C[C@@H](Oc2ncc(F)cc2CN2Cc3ccccc3C2=O)C1. The van der Waals surface area contributed by atoms with E-state index in [1.807, 2.05) is 39.0 Å². The van der Waals surface area contributed by atoms with Crippen molar-refractivity contribution in [2.75, 3.05) is 0 Å². The highest BCUT2D eigenvalue weighted by molar-refractivity contribution is 5.98. The number of fused-ring (bicyclic) bond motifs is 1. The lowest BCUT2D eigenvalue weighted by atomic mass is 9.89. The van der Waals surface area contributed by atoms with Gasteiger partial charge in [0, 0.05) is 36.6 Å². The third-order valence-corrected chi connectivity index (χ3v) is 5.24. The summed E-state index contributed by atoms with van der Waals surface area (Å²) < 4.78 is 25.1. The topological polar surface area (TPSA) is 80.8 Å². The van der Waals surface area contributed by atoms with Gasteiger partial charge < -0.3 is 19.7 Å². The number of aromatic nitrogens is 1. The van der Waals surface area contributed by atoms with E-state index in [0.29, 0.717) is 36.4 Å². The standard InChI is InChI=1S/C23H26FN3O4/c1-23(2,3)31-22(29)26-17-9-18(10-17)30-20-15(8-16(24)11-25-20)13-27-12-14-6-4-5-7-19(14)21(27)28/h4-8,11,17-18H,9-10,12-13H2,1-3H3,(H,26,29)/t17-,18+. The van der Waals surface area contributed by atoms with E-state index in [0.717, 1.165) is 11.8 Å². The van der Waals surface area contributed by atoms with Gasteiger partial charge in [0.15, 0.2) is 0 Å². The fourth-order valence-corrected chi connectivity index (χ4v) is 3.75. The maximum atomic E-state index is 13.9. The number of hydrogen-bond acceptors (Lipinski definition) is 5. The molecule has 1 aromatic carbocycles. The van der Waals surface area contributed by atoms with Crippen LogP contribution in [0.3, 0.4) is 0 Å². The van der Waals surface area contributed by atoms with Gasteiger partial charge in [0.1, 0.15) is 17.5 Å². The molecular weight excluding hydrogens is 401 g/mol. The summed E-state index contributed by atoms with van der Waals surface area (Å²) in [5.41, 5.74) is 1.59. The first-order valence-electron chi connectivity index (χ1n) is 10.4. The zero-order chi connectivity index (χ0) is 22.2. The Morgan fingerprint density at radius 3 is 2.74 bits per heavy atom. The Morgan fingerprint density at radius 1 is 1.29 bits per heavy atom. The van der Waals surface area contributed by atoms with Crippen molar-refractivity contribution in [2.24, 2.45) is 0 Å². The number of rotatable bonds is 5. The number of hydrogen-bond donors (Lipinski definition) is 1. The summed E-state index contributed by atoms with van der Waals surface area (Å²) >= 11 is 0. The smallest absolute Gasteiger partial charge is 0.407 e. The van der Waals surface area contributed by atoms with Crippen LogP contribution in [0.15, 0.2) is 36.5 Å². The maximum Gasteiger partial charge on any atom is 0.407 e. The Morgan fingerprint density at radius 2 is 2.03 bits per heavy atom. The van der Waals surface area contributed by atoms with Gasteiger partial charge in [-0.25, -0.2) is 14.2 Å². The predicted octanol–water partition coefficient (Wildman–Crippen LogP) is 3.81. The van der Waals surface area contributed by atoms with Crippen LogP contribution in [0.5, 0.6) is 5.88 Å². The van der Waals surface area contributed by atoms with Gasteiger partial charge in [0.2, 0.25) is 5.88 Å². The lowest BCUT2D eigenvalue weighted by Crippen LogP contribution is -2.50. The first kappa shape index (κ1) is 21.1. The van der Waals surface area contributed by atoms with Crippen LogP contribution in [-0.4, -0.2) is 39.6 Å². The van der Waals surface area contributed by atoms with Crippen LogP contribution < -0.4 is 10.1 Å². The fourth-order valence-electron chi connectivity index (χ4n) is 3.75. The van der Waals surface area contributed by atoms with Crippen LogP contribution in [0.2, 0.25) is 0 Å². The van der Waals surface area contributed by atoms with Crippen molar-refractivity contribution in [3.63, 3.8) is 0 Å². The number of ether oxygens (including phenoxy) is 2. The van der Waals surface area contributed by atoms with E-state index < -0.39 is 17.5 Å². The second kappa shape index (κ2) is 8.17. The van der Waals surface area contributed by atoms with Gasteiger partial charge in [-0.1, -0.05) is 18.2 Å². The second-order valence-electron chi connectivity index (χ2n) is 8.99. The highest BCUT2D eigenvalue weighted by Crippen LogP contribution is 2.30. The molecule has 2 aromatic rings. The van der Waals surface area contributed by atoms with Gasteiger partial charge in [-0.2, -0.15) is 0 Å². The van der Waals surface area contributed by atoms with Crippen molar-refractivity contribution in [2.45, 2.75) is 64.4 Å². The minimum Gasteiger partial charge on any atom is -0.474 e. The first-order valence-corrected chi connectivity index (χ1v) is 10.4. The number of nitrogens with one attached hydrogen (secondary N) is 1. The van der Waals surface area contributed by atoms with Crippen molar-refractivity contribution < 1.29 is 23.5 Å². The molecule has 4 rings (SSSR count).